The molecule has 2 aromatic heterocycles. The minimum Gasteiger partial charge on any atom is -0.471 e. The van der Waals surface area contributed by atoms with E-state index in [0.717, 1.165) is 82.6 Å². The van der Waals surface area contributed by atoms with Gasteiger partial charge in [-0.3, -0.25) is 0 Å². The van der Waals surface area contributed by atoms with E-state index < -0.39 is 0 Å². The number of pyridine rings is 2. The predicted octanol–water partition coefficient (Wildman–Crippen LogP) is 2.98. The quantitative estimate of drug-likeness (QED) is 0.623. The van der Waals surface area contributed by atoms with E-state index in [9.17, 15) is 0 Å². The Morgan fingerprint density at radius 3 is 2.09 bits per heavy atom. The van der Waals surface area contributed by atoms with Crippen LogP contribution in [0.1, 0.15) is 36.3 Å². The highest BCUT2D eigenvalue weighted by molar-refractivity contribution is 5.85. The molecule has 35 heavy (non-hydrogen) atoms. The van der Waals surface area contributed by atoms with Crippen molar-refractivity contribution in [3.8, 4) is 11.8 Å². The fourth-order valence-corrected chi connectivity index (χ4v) is 4.33. The fraction of sp³-hybridized carbons (Fsp3) is 0.538. The summed E-state index contributed by atoms with van der Waals surface area (Å²) in [6, 6.07) is 8.17. The smallest absolute Gasteiger partial charge is 0.221 e. The maximum Gasteiger partial charge on any atom is 0.221 e. The number of nitrogens with one attached hydrogen (secondary N) is 2. The van der Waals surface area contributed by atoms with Crippen molar-refractivity contribution in [2.75, 3.05) is 52.6 Å². The van der Waals surface area contributed by atoms with E-state index in [2.05, 4.69) is 38.8 Å². The Morgan fingerprint density at radius 1 is 0.800 bits per heavy atom. The molecular formula is C26H35ClN4O4. The minimum atomic E-state index is 0. The van der Waals surface area contributed by atoms with Crippen LogP contribution in [0.5, 0.6) is 11.8 Å². The van der Waals surface area contributed by atoms with Crippen LogP contribution in [0.3, 0.4) is 0 Å². The standard InChI is InChI=1S/C13H18N2O2.C13H16N2O2.ClH/c2*1-2-12(10-3-6-16-7-4-10)13(15-5-1)17-11-8-14-9-11;/h1-2,5,10-11,14H,3-4,6-9H2;1-3,5,11,14H,4,6-9H2;1H. The molecule has 8 nitrogen and oxygen atoms in total. The van der Waals surface area contributed by atoms with Crippen LogP contribution in [0.4, 0.5) is 0 Å². The maximum atomic E-state index is 5.92. The van der Waals surface area contributed by atoms with Crippen LogP contribution in [-0.4, -0.2) is 74.8 Å². The molecule has 2 aromatic rings. The van der Waals surface area contributed by atoms with Crippen molar-refractivity contribution in [1.82, 2.24) is 20.6 Å². The molecule has 6 rings (SSSR count). The molecule has 0 radical (unpaired) electrons. The third-order valence-corrected chi connectivity index (χ3v) is 6.59. The van der Waals surface area contributed by atoms with E-state index >= 15 is 0 Å². The van der Waals surface area contributed by atoms with Gasteiger partial charge in [0, 0.05) is 62.9 Å². The number of ether oxygens (including phenoxy) is 4. The van der Waals surface area contributed by atoms with Crippen LogP contribution < -0.4 is 20.1 Å². The normalized spacial score (nSPS) is 20.7. The SMILES string of the molecule is C1=C(c2cccnc2OC2CNC2)CCOC1.Cl.c1cnc(OC2CNC2)c(C2CCOCC2)c1. The number of hydrogen-bond donors (Lipinski definition) is 2. The average Bonchev–Trinajstić information content (AvgIpc) is 2.86. The first-order valence-corrected chi connectivity index (χ1v) is 12.4. The summed E-state index contributed by atoms with van der Waals surface area (Å²) < 4.78 is 22.5. The lowest BCUT2D eigenvalue weighted by molar-refractivity contribution is 0.0825. The lowest BCUT2D eigenvalue weighted by atomic mass is 9.92. The van der Waals surface area contributed by atoms with Crippen molar-refractivity contribution in [3.63, 3.8) is 0 Å². The van der Waals surface area contributed by atoms with Gasteiger partial charge in [0.05, 0.1) is 13.2 Å². The van der Waals surface area contributed by atoms with Gasteiger partial charge in [0.2, 0.25) is 11.8 Å². The van der Waals surface area contributed by atoms with E-state index in [0.29, 0.717) is 18.6 Å². The van der Waals surface area contributed by atoms with Gasteiger partial charge in [0.15, 0.2) is 0 Å². The van der Waals surface area contributed by atoms with E-state index in [1.165, 1.54) is 11.1 Å². The average molecular weight is 503 g/mol. The topological polar surface area (TPSA) is 86.8 Å². The first-order valence-electron chi connectivity index (χ1n) is 12.4. The molecule has 0 amide bonds. The summed E-state index contributed by atoms with van der Waals surface area (Å²) in [6.45, 7) is 6.87. The molecule has 0 saturated carbocycles. The molecule has 6 heterocycles. The number of nitrogens with zero attached hydrogens (tertiary/aromatic N) is 2. The van der Waals surface area contributed by atoms with Gasteiger partial charge >= 0.3 is 0 Å². The molecule has 0 atom stereocenters. The summed E-state index contributed by atoms with van der Waals surface area (Å²) in [7, 11) is 0. The minimum absolute atomic E-state index is 0. The zero-order valence-corrected chi connectivity index (χ0v) is 20.8. The number of hydrogen-bond acceptors (Lipinski definition) is 8. The first kappa shape index (κ1) is 25.9. The highest BCUT2D eigenvalue weighted by Crippen LogP contribution is 2.33. The van der Waals surface area contributed by atoms with Crippen LogP contribution in [0, 0.1) is 0 Å². The predicted molar refractivity (Wildman–Crippen MR) is 137 cm³/mol. The van der Waals surface area contributed by atoms with E-state index in [1.54, 1.807) is 6.20 Å². The van der Waals surface area contributed by atoms with Gasteiger partial charge < -0.3 is 29.6 Å². The van der Waals surface area contributed by atoms with Crippen molar-refractivity contribution in [2.24, 2.45) is 0 Å². The third-order valence-electron chi connectivity index (χ3n) is 6.59. The Bertz CT molecular complexity index is 962. The Kier molecular flexibility index (Phi) is 9.74. The molecule has 3 fully saturated rings. The molecule has 4 aliphatic rings. The Morgan fingerprint density at radius 2 is 1.46 bits per heavy atom. The van der Waals surface area contributed by atoms with Crippen LogP contribution in [0.15, 0.2) is 42.7 Å². The molecule has 2 N–H and O–H groups in total. The Hall–Kier alpha value is -2.23. The van der Waals surface area contributed by atoms with Gasteiger partial charge in [0.25, 0.3) is 0 Å². The summed E-state index contributed by atoms with van der Waals surface area (Å²) >= 11 is 0. The van der Waals surface area contributed by atoms with Crippen LogP contribution >= 0.6 is 12.4 Å². The molecule has 0 aliphatic carbocycles. The lowest BCUT2D eigenvalue weighted by Gasteiger charge is -2.30. The van der Waals surface area contributed by atoms with Gasteiger partial charge in [-0.25, -0.2) is 9.97 Å². The molecular weight excluding hydrogens is 468 g/mol. The van der Waals surface area contributed by atoms with Gasteiger partial charge in [0.1, 0.15) is 12.2 Å². The second-order valence-electron chi connectivity index (χ2n) is 8.99. The second kappa shape index (κ2) is 13.2. The zero-order valence-electron chi connectivity index (χ0n) is 20.0. The van der Waals surface area contributed by atoms with Crippen LogP contribution in [-0.2, 0) is 9.47 Å². The zero-order chi connectivity index (χ0) is 23.0. The second-order valence-corrected chi connectivity index (χ2v) is 8.99. The van der Waals surface area contributed by atoms with Crippen molar-refractivity contribution in [2.45, 2.75) is 37.4 Å². The molecule has 0 bridgehead atoms. The maximum absolute atomic E-state index is 5.92. The summed E-state index contributed by atoms with van der Waals surface area (Å²) in [5, 5.41) is 6.40. The van der Waals surface area contributed by atoms with Gasteiger partial charge in [-0.2, -0.15) is 0 Å². The molecule has 190 valence electrons. The summed E-state index contributed by atoms with van der Waals surface area (Å²) in [6.07, 6.45) is 9.36. The van der Waals surface area contributed by atoms with E-state index in [-0.39, 0.29) is 18.5 Å². The number of aromatic nitrogens is 2. The van der Waals surface area contributed by atoms with Crippen molar-refractivity contribution >= 4 is 18.0 Å². The third kappa shape index (κ3) is 6.92. The monoisotopic (exact) mass is 502 g/mol. The van der Waals surface area contributed by atoms with Crippen LogP contribution in [0.25, 0.3) is 5.57 Å². The molecule has 4 aliphatic heterocycles. The van der Waals surface area contributed by atoms with Crippen LogP contribution in [0.2, 0.25) is 0 Å². The summed E-state index contributed by atoms with van der Waals surface area (Å²) in [5.74, 6) is 2.12. The largest absolute Gasteiger partial charge is 0.471 e. The van der Waals surface area contributed by atoms with Crippen molar-refractivity contribution < 1.29 is 18.9 Å². The highest BCUT2D eigenvalue weighted by Gasteiger charge is 2.24. The van der Waals surface area contributed by atoms with Gasteiger partial charge in [-0.05, 0) is 49.0 Å². The molecule has 3 saturated heterocycles. The highest BCUT2D eigenvalue weighted by atomic mass is 35.5. The Labute approximate surface area is 213 Å². The number of rotatable bonds is 6. The van der Waals surface area contributed by atoms with Crippen molar-refractivity contribution in [3.05, 3.63) is 53.9 Å². The van der Waals surface area contributed by atoms with E-state index in [4.69, 9.17) is 18.9 Å². The molecule has 0 unspecified atom stereocenters. The van der Waals surface area contributed by atoms with Crippen molar-refractivity contribution in [1.29, 1.82) is 0 Å². The fourth-order valence-electron chi connectivity index (χ4n) is 4.33. The number of halogens is 1. The molecule has 0 spiro atoms. The van der Waals surface area contributed by atoms with Gasteiger partial charge in [-0.15, -0.1) is 12.4 Å². The Balaban J connectivity index is 0.000000160. The van der Waals surface area contributed by atoms with Gasteiger partial charge in [-0.1, -0.05) is 12.1 Å². The molecule has 9 heteroatoms. The first-order chi connectivity index (χ1) is 16.9. The summed E-state index contributed by atoms with van der Waals surface area (Å²) in [4.78, 5) is 8.73. The lowest BCUT2D eigenvalue weighted by Crippen LogP contribution is -2.50. The summed E-state index contributed by atoms with van der Waals surface area (Å²) in [5.41, 5.74) is 3.65. The molecule has 0 aromatic carbocycles. The van der Waals surface area contributed by atoms with E-state index in [1.807, 2.05) is 18.3 Å².